The van der Waals surface area contributed by atoms with Crippen LogP contribution in [0.25, 0.3) is 21.8 Å². The fraction of sp³-hybridized carbons (Fsp3) is 0.222. The minimum atomic E-state index is 0.0678. The van der Waals surface area contributed by atoms with Gasteiger partial charge in [0.2, 0.25) is 0 Å². The molecular weight excluding hydrogens is 386 g/mol. The number of nitrogen functional groups attached to an aromatic ring is 1. The summed E-state index contributed by atoms with van der Waals surface area (Å²) in [5.74, 6) is 1.63. The molecule has 0 saturated heterocycles. The van der Waals surface area contributed by atoms with E-state index in [4.69, 9.17) is 25.6 Å². The van der Waals surface area contributed by atoms with Crippen molar-refractivity contribution < 1.29 is 9.47 Å². The lowest BCUT2D eigenvalue weighted by Gasteiger charge is -2.24. The van der Waals surface area contributed by atoms with E-state index in [0.717, 1.165) is 42.4 Å². The van der Waals surface area contributed by atoms with Gasteiger partial charge in [-0.3, -0.25) is 5.41 Å². The number of nitrogens with one attached hydrogen (secondary N) is 1. The summed E-state index contributed by atoms with van der Waals surface area (Å²) >= 11 is 4.77. The number of rotatable bonds is 4. The Morgan fingerprint density at radius 1 is 1.35 bits per heavy atom. The number of fused-ring (bicyclic) bond motifs is 1. The van der Waals surface area contributed by atoms with Gasteiger partial charge in [0, 0.05) is 16.5 Å². The van der Waals surface area contributed by atoms with Crippen LogP contribution in [-0.4, -0.2) is 29.8 Å². The smallest absolute Gasteiger partial charge is 0.162 e. The van der Waals surface area contributed by atoms with Gasteiger partial charge in [0.25, 0.3) is 0 Å². The maximum atomic E-state index is 7.66. The quantitative estimate of drug-likeness (QED) is 0.375. The van der Waals surface area contributed by atoms with Gasteiger partial charge >= 0.3 is 0 Å². The van der Waals surface area contributed by atoms with E-state index < -0.39 is 0 Å². The SMILES string of the molecule is CSc1sc(C(=N)N)cc1-c1nc(-c2ccc3c(c2)OCC(C)O3)cs1. The molecule has 3 heterocycles. The van der Waals surface area contributed by atoms with Crippen molar-refractivity contribution in [2.24, 2.45) is 5.73 Å². The highest BCUT2D eigenvalue weighted by atomic mass is 32.2. The first-order valence-electron chi connectivity index (χ1n) is 7.97. The molecule has 1 aliphatic heterocycles. The number of thiazole rings is 1. The molecule has 0 spiro atoms. The highest BCUT2D eigenvalue weighted by Gasteiger charge is 2.19. The molecule has 0 radical (unpaired) electrons. The van der Waals surface area contributed by atoms with Crippen LogP contribution in [0.3, 0.4) is 0 Å². The van der Waals surface area contributed by atoms with Crippen LogP contribution < -0.4 is 15.2 Å². The van der Waals surface area contributed by atoms with Crippen LogP contribution >= 0.6 is 34.4 Å². The third-order valence-electron chi connectivity index (χ3n) is 3.92. The van der Waals surface area contributed by atoms with Gasteiger partial charge < -0.3 is 15.2 Å². The van der Waals surface area contributed by atoms with E-state index in [2.05, 4.69) is 0 Å². The lowest BCUT2D eigenvalue weighted by Crippen LogP contribution is -2.25. The molecule has 2 aromatic heterocycles. The van der Waals surface area contributed by atoms with Gasteiger partial charge in [-0.15, -0.1) is 34.4 Å². The number of thioether (sulfide) groups is 1. The van der Waals surface area contributed by atoms with Gasteiger partial charge in [-0.1, -0.05) is 0 Å². The van der Waals surface area contributed by atoms with Gasteiger partial charge in [0.15, 0.2) is 11.5 Å². The van der Waals surface area contributed by atoms with E-state index in [0.29, 0.717) is 6.61 Å². The Morgan fingerprint density at radius 2 is 2.19 bits per heavy atom. The van der Waals surface area contributed by atoms with Crippen LogP contribution in [0.1, 0.15) is 11.8 Å². The van der Waals surface area contributed by atoms with E-state index >= 15 is 0 Å². The highest BCUT2D eigenvalue weighted by Crippen LogP contribution is 2.41. The summed E-state index contributed by atoms with van der Waals surface area (Å²) in [6.45, 7) is 2.54. The molecule has 0 amide bonds. The summed E-state index contributed by atoms with van der Waals surface area (Å²) in [6.07, 6.45) is 2.09. The largest absolute Gasteiger partial charge is 0.486 e. The highest BCUT2D eigenvalue weighted by molar-refractivity contribution is 8.00. The van der Waals surface area contributed by atoms with Gasteiger partial charge in [-0.25, -0.2) is 4.98 Å². The van der Waals surface area contributed by atoms with Gasteiger partial charge in [0.05, 0.1) is 14.8 Å². The number of benzene rings is 1. The number of amidine groups is 1. The zero-order chi connectivity index (χ0) is 18.3. The molecule has 1 aromatic carbocycles. The van der Waals surface area contributed by atoms with Crippen molar-refractivity contribution in [3.05, 3.63) is 34.5 Å². The molecule has 3 N–H and O–H groups in total. The number of nitrogens with two attached hydrogens (primary N) is 1. The molecule has 3 aromatic rings. The molecular formula is C18H17N3O2S3. The Kier molecular flexibility index (Phi) is 4.64. The summed E-state index contributed by atoms with van der Waals surface area (Å²) < 4.78 is 12.7. The predicted molar refractivity (Wildman–Crippen MR) is 109 cm³/mol. The summed E-state index contributed by atoms with van der Waals surface area (Å²) in [4.78, 5) is 5.57. The monoisotopic (exact) mass is 403 g/mol. The number of aromatic nitrogens is 1. The van der Waals surface area contributed by atoms with Crippen LogP contribution in [0.4, 0.5) is 0 Å². The van der Waals surface area contributed by atoms with Crippen molar-refractivity contribution in [2.75, 3.05) is 12.9 Å². The number of hydrogen-bond donors (Lipinski definition) is 2. The van der Waals surface area contributed by atoms with Crippen molar-refractivity contribution in [3.8, 4) is 33.3 Å². The van der Waals surface area contributed by atoms with Crippen LogP contribution in [0.5, 0.6) is 11.5 Å². The molecule has 4 rings (SSSR count). The second kappa shape index (κ2) is 6.94. The van der Waals surface area contributed by atoms with E-state index in [9.17, 15) is 0 Å². The Balaban J connectivity index is 1.68. The normalized spacial score (nSPS) is 15.8. The lowest BCUT2D eigenvalue weighted by atomic mass is 10.1. The fourth-order valence-corrected chi connectivity index (χ4v) is 5.38. The fourth-order valence-electron chi connectivity index (χ4n) is 2.67. The molecule has 5 nitrogen and oxygen atoms in total. The van der Waals surface area contributed by atoms with E-state index in [-0.39, 0.29) is 11.9 Å². The Labute approximate surface area is 163 Å². The molecule has 0 aliphatic carbocycles. The van der Waals surface area contributed by atoms with Crippen LogP contribution in [-0.2, 0) is 0 Å². The lowest BCUT2D eigenvalue weighted by molar-refractivity contribution is 0.104. The number of nitrogens with zero attached hydrogens (tertiary/aromatic N) is 1. The van der Waals surface area contributed by atoms with Gasteiger partial charge in [-0.05, 0) is 37.4 Å². The first-order valence-corrected chi connectivity index (χ1v) is 10.9. The molecule has 0 saturated carbocycles. The second-order valence-electron chi connectivity index (χ2n) is 5.87. The maximum Gasteiger partial charge on any atom is 0.162 e. The van der Waals surface area contributed by atoms with Crippen molar-refractivity contribution in [1.29, 1.82) is 5.41 Å². The first kappa shape index (κ1) is 17.4. The zero-order valence-electron chi connectivity index (χ0n) is 14.2. The number of ether oxygens (including phenoxy) is 2. The average Bonchev–Trinajstić information content (AvgIpc) is 3.28. The first-order chi connectivity index (χ1) is 12.5. The summed E-state index contributed by atoms with van der Waals surface area (Å²) in [7, 11) is 0. The minimum Gasteiger partial charge on any atom is -0.486 e. The van der Waals surface area contributed by atoms with Crippen LogP contribution in [0.15, 0.2) is 33.9 Å². The summed E-state index contributed by atoms with van der Waals surface area (Å²) in [5.41, 5.74) is 8.58. The molecule has 1 unspecified atom stereocenters. The molecule has 26 heavy (non-hydrogen) atoms. The summed E-state index contributed by atoms with van der Waals surface area (Å²) in [6, 6.07) is 7.87. The maximum absolute atomic E-state index is 7.66. The van der Waals surface area contributed by atoms with Gasteiger partial charge in [0.1, 0.15) is 23.6 Å². The Bertz CT molecular complexity index is 980. The second-order valence-corrected chi connectivity index (χ2v) is 8.85. The van der Waals surface area contributed by atoms with E-state index in [1.165, 1.54) is 11.3 Å². The molecule has 8 heteroatoms. The molecule has 0 bridgehead atoms. The number of thiophene rings is 1. The van der Waals surface area contributed by atoms with Gasteiger partial charge in [-0.2, -0.15) is 0 Å². The van der Waals surface area contributed by atoms with Crippen molar-refractivity contribution in [1.82, 2.24) is 4.98 Å². The zero-order valence-corrected chi connectivity index (χ0v) is 16.7. The molecule has 1 aliphatic rings. The Morgan fingerprint density at radius 3 is 2.96 bits per heavy atom. The molecule has 1 atom stereocenters. The van der Waals surface area contributed by atoms with E-state index in [1.54, 1.807) is 23.1 Å². The van der Waals surface area contributed by atoms with Crippen molar-refractivity contribution in [3.63, 3.8) is 0 Å². The standard InChI is InChI=1S/C18H17N3O2S3/c1-9-7-22-14-5-10(3-4-13(14)23-9)12-8-25-17(21-12)11-6-15(16(19)20)26-18(11)24-2/h3-6,8-9H,7H2,1-2H3,(H3,19,20). The minimum absolute atomic E-state index is 0.0678. The Hall–Kier alpha value is -2.03. The average molecular weight is 404 g/mol. The third-order valence-corrected chi connectivity index (χ3v) is 7.10. The van der Waals surface area contributed by atoms with Crippen molar-refractivity contribution in [2.45, 2.75) is 17.2 Å². The number of hydrogen-bond acceptors (Lipinski definition) is 7. The predicted octanol–water partition coefficient (Wildman–Crippen LogP) is 4.70. The molecule has 134 valence electrons. The molecule has 0 fully saturated rings. The van der Waals surface area contributed by atoms with Crippen LogP contribution in [0.2, 0.25) is 0 Å². The third kappa shape index (κ3) is 3.20. The topological polar surface area (TPSA) is 81.2 Å². The van der Waals surface area contributed by atoms with Crippen molar-refractivity contribution >= 4 is 40.3 Å². The van der Waals surface area contributed by atoms with Crippen LogP contribution in [0, 0.1) is 5.41 Å². The summed E-state index contributed by atoms with van der Waals surface area (Å²) in [5, 5.41) is 10.6. The van der Waals surface area contributed by atoms with E-state index in [1.807, 2.05) is 42.8 Å².